The molecule has 20 heavy (non-hydrogen) atoms. The third kappa shape index (κ3) is 2.52. The van der Waals surface area contributed by atoms with Crippen molar-refractivity contribution in [3.63, 3.8) is 0 Å². The fourth-order valence-corrected chi connectivity index (χ4v) is 1.70. The maximum Gasteiger partial charge on any atom is 0.194 e. The van der Waals surface area contributed by atoms with Gasteiger partial charge in [0.25, 0.3) is 0 Å². The summed E-state index contributed by atoms with van der Waals surface area (Å²) in [6.07, 6.45) is 2.78. The highest BCUT2D eigenvalue weighted by Crippen LogP contribution is 2.22. The minimum Gasteiger partial charge on any atom is -0.292 e. The Kier molecular flexibility index (Phi) is 3.80. The number of pyridine rings is 1. The molecule has 0 aliphatic carbocycles. The van der Waals surface area contributed by atoms with Gasteiger partial charge in [0, 0.05) is 18.0 Å². The Hall–Kier alpha value is -2.68. The van der Waals surface area contributed by atoms with Crippen molar-refractivity contribution in [3.8, 4) is 6.07 Å². The van der Waals surface area contributed by atoms with Crippen LogP contribution in [0.2, 0.25) is 0 Å². The lowest BCUT2D eigenvalue weighted by molar-refractivity contribution is 0.0977. The summed E-state index contributed by atoms with van der Waals surface area (Å²) < 4.78 is 39.1. The van der Waals surface area contributed by atoms with Crippen LogP contribution in [0, 0.1) is 28.8 Å². The number of nitriles is 1. The van der Waals surface area contributed by atoms with E-state index in [-0.39, 0.29) is 0 Å². The summed E-state index contributed by atoms with van der Waals surface area (Å²) in [5, 5.41) is 9.05. The van der Waals surface area contributed by atoms with Gasteiger partial charge in [-0.25, -0.2) is 13.2 Å². The van der Waals surface area contributed by atoms with Gasteiger partial charge < -0.3 is 0 Å². The molecule has 3 nitrogen and oxygen atoms in total. The highest BCUT2D eigenvalue weighted by atomic mass is 19.2. The Labute approximate surface area is 112 Å². The molecule has 2 aromatic rings. The number of carbonyl (C=O) groups excluding carboxylic acids is 1. The lowest BCUT2D eigenvalue weighted by Gasteiger charge is -2.09. The summed E-state index contributed by atoms with van der Waals surface area (Å²) >= 11 is 0. The SMILES string of the molecule is N#CC(C(=O)c1cc(F)c(F)c(F)c1)c1ccncc1. The molecule has 2 rings (SSSR count). The highest BCUT2D eigenvalue weighted by molar-refractivity contribution is 6.02. The van der Waals surface area contributed by atoms with Gasteiger partial charge in [-0.2, -0.15) is 5.26 Å². The van der Waals surface area contributed by atoms with Crippen molar-refractivity contribution in [1.82, 2.24) is 4.98 Å². The number of carbonyl (C=O) groups is 1. The van der Waals surface area contributed by atoms with Gasteiger partial charge in [-0.3, -0.25) is 9.78 Å². The predicted molar refractivity (Wildman–Crippen MR) is 63.2 cm³/mol. The molecule has 0 aliphatic heterocycles. The zero-order chi connectivity index (χ0) is 14.7. The van der Waals surface area contributed by atoms with E-state index in [1.165, 1.54) is 24.5 Å². The van der Waals surface area contributed by atoms with Crippen LogP contribution in [0.4, 0.5) is 13.2 Å². The molecule has 0 N–H and O–H groups in total. The van der Waals surface area contributed by atoms with Crippen LogP contribution < -0.4 is 0 Å². The predicted octanol–water partition coefficient (Wildman–Crippen LogP) is 2.99. The van der Waals surface area contributed by atoms with Crippen molar-refractivity contribution in [3.05, 3.63) is 65.2 Å². The number of hydrogen-bond acceptors (Lipinski definition) is 3. The van der Waals surface area contributed by atoms with Gasteiger partial charge in [0.05, 0.1) is 6.07 Å². The number of ketones is 1. The second kappa shape index (κ2) is 5.53. The number of nitrogens with zero attached hydrogens (tertiary/aromatic N) is 2. The number of Topliss-reactive ketones (excluding diaryl/α,β-unsaturated/α-hetero) is 1. The lowest BCUT2D eigenvalue weighted by atomic mass is 9.92. The van der Waals surface area contributed by atoms with Crippen molar-refractivity contribution in [2.75, 3.05) is 0 Å². The zero-order valence-corrected chi connectivity index (χ0v) is 9.98. The Morgan fingerprint density at radius 3 is 2.20 bits per heavy atom. The fourth-order valence-electron chi connectivity index (χ4n) is 1.70. The molecule has 0 aliphatic rings. The monoisotopic (exact) mass is 276 g/mol. The van der Waals surface area contributed by atoms with Gasteiger partial charge in [0.15, 0.2) is 23.2 Å². The van der Waals surface area contributed by atoms with E-state index in [0.29, 0.717) is 17.7 Å². The van der Waals surface area contributed by atoms with E-state index in [0.717, 1.165) is 0 Å². The molecule has 0 saturated heterocycles. The van der Waals surface area contributed by atoms with Crippen LogP contribution in [0.3, 0.4) is 0 Å². The van der Waals surface area contributed by atoms with Gasteiger partial charge in [-0.05, 0) is 29.8 Å². The molecule has 0 saturated carbocycles. The smallest absolute Gasteiger partial charge is 0.194 e. The van der Waals surface area contributed by atoms with Crippen LogP contribution in [-0.2, 0) is 0 Å². The van der Waals surface area contributed by atoms with Crippen LogP contribution in [0.5, 0.6) is 0 Å². The molecule has 1 atom stereocenters. The molecule has 0 radical (unpaired) electrons. The van der Waals surface area contributed by atoms with Gasteiger partial charge in [0.1, 0.15) is 5.92 Å². The standard InChI is InChI=1S/C14H7F3N2O/c15-11-5-9(6-12(16)13(11)17)14(20)10(7-18)8-1-3-19-4-2-8/h1-6,10H. The summed E-state index contributed by atoms with van der Waals surface area (Å²) in [4.78, 5) is 15.8. The number of hydrogen-bond donors (Lipinski definition) is 0. The first kappa shape index (κ1) is 13.7. The lowest BCUT2D eigenvalue weighted by Crippen LogP contribution is -2.12. The number of benzene rings is 1. The van der Waals surface area contributed by atoms with E-state index in [1.807, 2.05) is 0 Å². The number of halogens is 3. The minimum absolute atomic E-state index is 0.345. The molecule has 1 heterocycles. The quantitative estimate of drug-likeness (QED) is 0.639. The van der Waals surface area contributed by atoms with Gasteiger partial charge in [-0.1, -0.05) is 0 Å². The molecule has 0 fully saturated rings. The van der Waals surface area contributed by atoms with Crippen LogP contribution in [0.1, 0.15) is 21.8 Å². The zero-order valence-electron chi connectivity index (χ0n) is 9.98. The summed E-state index contributed by atoms with van der Waals surface area (Å²) in [5.41, 5.74) is -0.0533. The Morgan fingerprint density at radius 1 is 1.15 bits per heavy atom. The average Bonchev–Trinajstić information content (AvgIpc) is 2.46. The van der Waals surface area contributed by atoms with Gasteiger partial charge in [-0.15, -0.1) is 0 Å². The molecule has 100 valence electrons. The molecular formula is C14H7F3N2O. The van der Waals surface area contributed by atoms with E-state index >= 15 is 0 Å². The summed E-state index contributed by atoms with van der Waals surface area (Å²) in [6.45, 7) is 0. The molecule has 6 heteroatoms. The Morgan fingerprint density at radius 2 is 1.70 bits per heavy atom. The van der Waals surface area contributed by atoms with E-state index in [9.17, 15) is 18.0 Å². The summed E-state index contributed by atoms with van der Waals surface area (Å²) in [7, 11) is 0. The van der Waals surface area contributed by atoms with Gasteiger partial charge in [0.2, 0.25) is 0 Å². The molecule has 1 aromatic heterocycles. The topological polar surface area (TPSA) is 53.8 Å². The van der Waals surface area contributed by atoms with Crippen molar-refractivity contribution in [2.24, 2.45) is 0 Å². The Bertz CT molecular complexity index is 672. The fraction of sp³-hybridized carbons (Fsp3) is 0.0714. The molecule has 0 amide bonds. The number of aromatic nitrogens is 1. The first-order valence-electron chi connectivity index (χ1n) is 5.53. The minimum atomic E-state index is -1.65. The first-order valence-corrected chi connectivity index (χ1v) is 5.53. The largest absolute Gasteiger partial charge is 0.292 e. The summed E-state index contributed by atoms with van der Waals surface area (Å²) in [5.74, 6) is -6.64. The van der Waals surface area contributed by atoms with E-state index in [1.54, 1.807) is 6.07 Å². The van der Waals surface area contributed by atoms with Crippen LogP contribution >= 0.6 is 0 Å². The number of rotatable bonds is 3. The van der Waals surface area contributed by atoms with E-state index in [2.05, 4.69) is 4.98 Å². The highest BCUT2D eigenvalue weighted by Gasteiger charge is 2.24. The van der Waals surface area contributed by atoms with E-state index in [4.69, 9.17) is 5.26 Å². The van der Waals surface area contributed by atoms with Gasteiger partial charge >= 0.3 is 0 Å². The normalized spacial score (nSPS) is 11.7. The molecular weight excluding hydrogens is 269 g/mol. The van der Waals surface area contributed by atoms with Crippen LogP contribution in [0.15, 0.2) is 36.7 Å². The average molecular weight is 276 g/mol. The van der Waals surface area contributed by atoms with Crippen molar-refractivity contribution >= 4 is 5.78 Å². The second-order valence-electron chi connectivity index (χ2n) is 3.96. The third-order valence-electron chi connectivity index (χ3n) is 2.70. The van der Waals surface area contributed by atoms with Crippen LogP contribution in [-0.4, -0.2) is 10.8 Å². The molecule has 0 spiro atoms. The Balaban J connectivity index is 2.43. The van der Waals surface area contributed by atoms with Crippen molar-refractivity contribution in [2.45, 2.75) is 5.92 Å². The van der Waals surface area contributed by atoms with E-state index < -0.39 is 34.7 Å². The summed E-state index contributed by atoms with van der Waals surface area (Å²) in [6, 6.07) is 5.80. The molecule has 1 aromatic carbocycles. The maximum atomic E-state index is 13.1. The third-order valence-corrected chi connectivity index (χ3v) is 2.70. The van der Waals surface area contributed by atoms with Crippen molar-refractivity contribution < 1.29 is 18.0 Å². The first-order chi connectivity index (χ1) is 9.54. The maximum absolute atomic E-state index is 13.1. The molecule has 1 unspecified atom stereocenters. The molecule has 0 bridgehead atoms. The van der Waals surface area contributed by atoms with Crippen LogP contribution in [0.25, 0.3) is 0 Å². The second-order valence-corrected chi connectivity index (χ2v) is 3.96. The van der Waals surface area contributed by atoms with Crippen molar-refractivity contribution in [1.29, 1.82) is 5.26 Å².